The van der Waals surface area contributed by atoms with Crippen molar-refractivity contribution in [1.82, 2.24) is 0 Å². The maximum absolute atomic E-state index is 12.3. The van der Waals surface area contributed by atoms with Gasteiger partial charge in [0.1, 0.15) is 6.61 Å². The van der Waals surface area contributed by atoms with Crippen LogP contribution in [0.3, 0.4) is 0 Å². The van der Waals surface area contributed by atoms with Crippen molar-refractivity contribution >= 4 is 11.9 Å². The van der Waals surface area contributed by atoms with Gasteiger partial charge < -0.3 is 19.7 Å². The fraction of sp³-hybridized carbons (Fsp3) is 0.893. The fourth-order valence-corrected chi connectivity index (χ4v) is 3.82. The SMILES string of the molecule is [CH]C(CCCCCC)C(=O)OCC(CC)(CO)OC(=O)CCCCCCCCCCC(O)CC. The molecule has 0 amide bonds. The second kappa shape index (κ2) is 21.2. The number of aliphatic hydroxyl groups excluding tert-OH is 2. The Morgan fingerprint density at radius 1 is 0.853 bits per heavy atom. The second-order valence-electron chi connectivity index (χ2n) is 9.66. The van der Waals surface area contributed by atoms with E-state index >= 15 is 0 Å². The van der Waals surface area contributed by atoms with Gasteiger partial charge in [-0.2, -0.15) is 0 Å². The van der Waals surface area contributed by atoms with Crippen LogP contribution < -0.4 is 0 Å². The molecule has 0 fully saturated rings. The third kappa shape index (κ3) is 16.5. The molecule has 2 N–H and O–H groups in total. The first kappa shape index (κ1) is 32.9. The van der Waals surface area contributed by atoms with E-state index in [1.54, 1.807) is 6.92 Å². The maximum atomic E-state index is 12.3. The Bertz CT molecular complexity index is 503. The number of esters is 2. The van der Waals surface area contributed by atoms with E-state index in [1.807, 2.05) is 6.92 Å². The van der Waals surface area contributed by atoms with Crippen LogP contribution >= 0.6 is 0 Å². The molecule has 2 radical (unpaired) electrons. The van der Waals surface area contributed by atoms with E-state index < -0.39 is 24.1 Å². The molecule has 3 unspecified atom stereocenters. The van der Waals surface area contributed by atoms with Crippen LogP contribution in [0, 0.1) is 12.8 Å². The van der Waals surface area contributed by atoms with Gasteiger partial charge >= 0.3 is 11.9 Å². The van der Waals surface area contributed by atoms with Gasteiger partial charge in [0.05, 0.1) is 18.6 Å². The number of rotatable bonds is 23. The van der Waals surface area contributed by atoms with E-state index in [1.165, 1.54) is 12.8 Å². The van der Waals surface area contributed by atoms with E-state index in [0.29, 0.717) is 19.3 Å². The summed E-state index contributed by atoms with van der Waals surface area (Å²) >= 11 is 0. The molecule has 6 nitrogen and oxygen atoms in total. The zero-order valence-corrected chi connectivity index (χ0v) is 22.2. The molecular weight excluding hydrogens is 432 g/mol. The monoisotopic (exact) mass is 484 g/mol. The zero-order valence-electron chi connectivity index (χ0n) is 22.2. The molecule has 0 heterocycles. The number of carbonyl (C=O) groups excluding carboxylic acids is 2. The van der Waals surface area contributed by atoms with Crippen molar-refractivity contribution in [1.29, 1.82) is 0 Å². The third-order valence-electron chi connectivity index (χ3n) is 6.55. The van der Waals surface area contributed by atoms with Gasteiger partial charge in [-0.3, -0.25) is 9.59 Å². The van der Waals surface area contributed by atoms with Crippen LogP contribution in [-0.4, -0.2) is 47.1 Å². The number of unbranched alkanes of at least 4 members (excludes halogenated alkanes) is 10. The van der Waals surface area contributed by atoms with Gasteiger partial charge in [-0.05, 0) is 39.0 Å². The largest absolute Gasteiger partial charge is 0.461 e. The van der Waals surface area contributed by atoms with Crippen LogP contribution in [0.1, 0.15) is 130 Å². The number of ether oxygens (including phenoxy) is 2. The molecule has 0 saturated carbocycles. The highest BCUT2D eigenvalue weighted by Crippen LogP contribution is 2.20. The minimum absolute atomic E-state index is 0.151. The van der Waals surface area contributed by atoms with Crippen molar-refractivity contribution in [2.75, 3.05) is 13.2 Å². The molecule has 6 heteroatoms. The highest BCUT2D eigenvalue weighted by atomic mass is 16.6. The van der Waals surface area contributed by atoms with Crippen LogP contribution in [-0.2, 0) is 19.1 Å². The quantitative estimate of drug-likeness (QED) is 0.133. The minimum Gasteiger partial charge on any atom is -0.461 e. The van der Waals surface area contributed by atoms with Gasteiger partial charge in [0, 0.05) is 6.42 Å². The standard InChI is InChI=1S/C28H52O6/c1-5-8-9-16-19-24(4)27(32)33-23-28(7-3,22-29)34-26(31)21-18-15-13-11-10-12-14-17-20-25(30)6-2/h4,24-25,29-30H,5-23H2,1-3H3. The highest BCUT2D eigenvalue weighted by molar-refractivity contribution is 5.73. The maximum Gasteiger partial charge on any atom is 0.309 e. The van der Waals surface area contributed by atoms with Gasteiger partial charge in [-0.15, -0.1) is 0 Å². The van der Waals surface area contributed by atoms with Crippen molar-refractivity contribution in [3.05, 3.63) is 6.92 Å². The Hall–Kier alpha value is -1.14. The Morgan fingerprint density at radius 2 is 1.41 bits per heavy atom. The zero-order chi connectivity index (χ0) is 25.7. The summed E-state index contributed by atoms with van der Waals surface area (Å²) in [6, 6.07) is 0. The first-order valence-corrected chi connectivity index (χ1v) is 13.8. The second-order valence-corrected chi connectivity index (χ2v) is 9.66. The summed E-state index contributed by atoms with van der Waals surface area (Å²) < 4.78 is 10.9. The van der Waals surface area contributed by atoms with Gasteiger partial charge in [0.2, 0.25) is 0 Å². The molecular formula is C28H52O6. The molecule has 0 aliphatic carbocycles. The molecule has 0 aromatic heterocycles. The van der Waals surface area contributed by atoms with E-state index in [2.05, 4.69) is 6.92 Å². The lowest BCUT2D eigenvalue weighted by molar-refractivity contribution is -0.180. The van der Waals surface area contributed by atoms with Crippen molar-refractivity contribution in [2.45, 2.75) is 142 Å². The molecule has 0 aliphatic rings. The van der Waals surface area contributed by atoms with Crippen LogP contribution in [0.4, 0.5) is 0 Å². The molecule has 0 rings (SSSR count). The summed E-state index contributed by atoms with van der Waals surface area (Å²) in [5, 5.41) is 19.4. The van der Waals surface area contributed by atoms with E-state index in [4.69, 9.17) is 16.4 Å². The summed E-state index contributed by atoms with van der Waals surface area (Å²) in [6.45, 7) is 11.3. The summed E-state index contributed by atoms with van der Waals surface area (Å²) in [5.41, 5.74) is -1.21. The first-order chi connectivity index (χ1) is 16.3. The lowest BCUT2D eigenvalue weighted by Crippen LogP contribution is -2.44. The number of aliphatic hydroxyl groups is 2. The molecule has 3 atom stereocenters. The lowest BCUT2D eigenvalue weighted by atomic mass is 10.0. The van der Waals surface area contributed by atoms with Gasteiger partial charge in [0.25, 0.3) is 0 Å². The van der Waals surface area contributed by atoms with Crippen molar-refractivity contribution in [3.63, 3.8) is 0 Å². The van der Waals surface area contributed by atoms with Crippen molar-refractivity contribution in [3.8, 4) is 0 Å². The summed E-state index contributed by atoms with van der Waals surface area (Å²) in [6.07, 6.45) is 15.5. The Morgan fingerprint density at radius 3 is 1.97 bits per heavy atom. The van der Waals surface area contributed by atoms with Gasteiger partial charge in [-0.25, -0.2) is 0 Å². The molecule has 0 aromatic carbocycles. The Labute approximate surface area is 209 Å². The number of carbonyl (C=O) groups is 2. The fourth-order valence-electron chi connectivity index (χ4n) is 3.82. The normalized spacial score (nSPS) is 14.9. The highest BCUT2D eigenvalue weighted by Gasteiger charge is 2.34. The van der Waals surface area contributed by atoms with Crippen LogP contribution in [0.2, 0.25) is 0 Å². The Balaban J connectivity index is 4.07. The summed E-state index contributed by atoms with van der Waals surface area (Å²) in [5.74, 6) is -1.57. The molecule has 200 valence electrons. The lowest BCUT2D eigenvalue weighted by Gasteiger charge is -2.30. The smallest absolute Gasteiger partial charge is 0.309 e. The van der Waals surface area contributed by atoms with Gasteiger partial charge in [0.15, 0.2) is 5.60 Å². The molecule has 0 spiro atoms. The topological polar surface area (TPSA) is 93.1 Å². The average Bonchev–Trinajstić information content (AvgIpc) is 2.84. The molecule has 0 saturated heterocycles. The van der Waals surface area contributed by atoms with Crippen molar-refractivity contribution in [2.24, 2.45) is 5.92 Å². The molecule has 0 bridgehead atoms. The van der Waals surface area contributed by atoms with Crippen LogP contribution in [0.15, 0.2) is 0 Å². The number of hydrogen-bond donors (Lipinski definition) is 2. The predicted octanol–water partition coefficient (Wildman–Crippen LogP) is 6.18. The third-order valence-corrected chi connectivity index (χ3v) is 6.55. The summed E-state index contributed by atoms with van der Waals surface area (Å²) in [4.78, 5) is 24.5. The van der Waals surface area contributed by atoms with Crippen LogP contribution in [0.5, 0.6) is 0 Å². The van der Waals surface area contributed by atoms with Crippen molar-refractivity contribution < 1.29 is 29.3 Å². The molecule has 0 aromatic rings. The Kier molecular flexibility index (Phi) is 20.5. The van der Waals surface area contributed by atoms with Crippen LogP contribution in [0.25, 0.3) is 0 Å². The average molecular weight is 485 g/mol. The minimum atomic E-state index is -1.21. The first-order valence-electron chi connectivity index (χ1n) is 13.8. The number of hydrogen-bond acceptors (Lipinski definition) is 6. The van der Waals surface area contributed by atoms with E-state index in [9.17, 15) is 19.8 Å². The predicted molar refractivity (Wildman–Crippen MR) is 136 cm³/mol. The molecule has 34 heavy (non-hydrogen) atoms. The van der Waals surface area contributed by atoms with Gasteiger partial charge in [-0.1, -0.05) is 91.4 Å². The summed E-state index contributed by atoms with van der Waals surface area (Å²) in [7, 11) is 0. The van der Waals surface area contributed by atoms with E-state index in [-0.39, 0.29) is 18.7 Å². The molecule has 0 aliphatic heterocycles. The van der Waals surface area contributed by atoms with E-state index in [0.717, 1.165) is 77.0 Å².